The summed E-state index contributed by atoms with van der Waals surface area (Å²) in [7, 11) is 0. The van der Waals surface area contributed by atoms with Crippen molar-refractivity contribution in [3.63, 3.8) is 0 Å². The van der Waals surface area contributed by atoms with E-state index < -0.39 is 0 Å². The summed E-state index contributed by atoms with van der Waals surface area (Å²) in [5.41, 5.74) is 7.13. The van der Waals surface area contributed by atoms with Crippen LogP contribution in [0.25, 0.3) is 0 Å². The van der Waals surface area contributed by atoms with Crippen LogP contribution in [0.1, 0.15) is 19.8 Å². The van der Waals surface area contributed by atoms with Crippen molar-refractivity contribution in [1.29, 1.82) is 0 Å². The van der Waals surface area contributed by atoms with Gasteiger partial charge in [0.25, 0.3) is 0 Å². The predicted octanol–water partition coefficient (Wildman–Crippen LogP) is 1.57. The Morgan fingerprint density at radius 3 is 3.08 bits per heavy atom. The Balaban J connectivity index is 2.79. The van der Waals surface area contributed by atoms with E-state index in [9.17, 15) is 0 Å². The highest BCUT2D eigenvalue weighted by Gasteiger charge is 2.13. The van der Waals surface area contributed by atoms with Crippen molar-refractivity contribution in [3.05, 3.63) is 24.0 Å². The maximum Gasteiger partial charge on any atom is 0.218 e. The molecule has 0 aromatic carbocycles. The molecule has 1 heterocycles. The number of ether oxygens (including phenoxy) is 1. The average Bonchev–Trinajstić information content (AvgIpc) is 2.04. The van der Waals surface area contributed by atoms with Crippen LogP contribution in [0.15, 0.2) is 29.0 Å². The van der Waals surface area contributed by atoms with E-state index in [0.29, 0.717) is 5.90 Å². The molecule has 1 aliphatic rings. The largest absolute Gasteiger partial charge is 0.477 e. The molecule has 1 rings (SSSR count). The van der Waals surface area contributed by atoms with Crippen molar-refractivity contribution in [2.45, 2.75) is 19.8 Å². The molecular formula is C9H14N2O. The van der Waals surface area contributed by atoms with Gasteiger partial charge in [0.15, 0.2) is 0 Å². The topological polar surface area (TPSA) is 47.6 Å². The number of rotatable bonds is 1. The zero-order valence-electron chi connectivity index (χ0n) is 7.34. The molecule has 66 valence electrons. The first kappa shape index (κ1) is 8.84. The highest BCUT2D eigenvalue weighted by Crippen LogP contribution is 2.15. The number of hydrogen-bond acceptors (Lipinski definition) is 3. The smallest absolute Gasteiger partial charge is 0.218 e. The number of aliphatic imine (C=N–C) groups is 1. The summed E-state index contributed by atoms with van der Waals surface area (Å²) >= 11 is 0. The van der Waals surface area contributed by atoms with Gasteiger partial charge in [0.1, 0.15) is 0 Å². The van der Waals surface area contributed by atoms with E-state index in [2.05, 4.69) is 11.6 Å². The fourth-order valence-corrected chi connectivity index (χ4v) is 1.06. The van der Waals surface area contributed by atoms with Crippen LogP contribution in [0.2, 0.25) is 0 Å². The van der Waals surface area contributed by atoms with Gasteiger partial charge in [-0.3, -0.25) is 0 Å². The molecule has 1 aliphatic heterocycles. The Kier molecular flexibility index (Phi) is 2.91. The highest BCUT2D eigenvalue weighted by atomic mass is 16.5. The van der Waals surface area contributed by atoms with Crippen LogP contribution in [0, 0.1) is 0 Å². The van der Waals surface area contributed by atoms with Gasteiger partial charge >= 0.3 is 0 Å². The van der Waals surface area contributed by atoms with Gasteiger partial charge < -0.3 is 10.5 Å². The fraction of sp³-hybridized carbons (Fsp3) is 0.444. The second-order valence-electron chi connectivity index (χ2n) is 2.80. The summed E-state index contributed by atoms with van der Waals surface area (Å²) in [5, 5.41) is 0. The van der Waals surface area contributed by atoms with Gasteiger partial charge in [0.05, 0.1) is 6.61 Å². The second-order valence-corrected chi connectivity index (χ2v) is 2.80. The number of hydrogen-bond donors (Lipinski definition) is 1. The van der Waals surface area contributed by atoms with E-state index in [0.717, 1.165) is 30.7 Å². The second kappa shape index (κ2) is 3.95. The van der Waals surface area contributed by atoms with Gasteiger partial charge in [-0.25, -0.2) is 4.99 Å². The molecule has 0 amide bonds. The molecule has 2 N–H and O–H groups in total. The van der Waals surface area contributed by atoms with Gasteiger partial charge in [-0.1, -0.05) is 6.58 Å². The average molecular weight is 166 g/mol. The molecule has 0 radical (unpaired) electrons. The SMILES string of the molecule is C=C(C)N=C1OCCC/C1=C/N. The minimum Gasteiger partial charge on any atom is -0.477 e. The van der Waals surface area contributed by atoms with E-state index in [1.54, 1.807) is 6.20 Å². The van der Waals surface area contributed by atoms with E-state index in [1.807, 2.05) is 6.92 Å². The monoisotopic (exact) mass is 166 g/mol. The lowest BCUT2D eigenvalue weighted by molar-refractivity contribution is 0.280. The van der Waals surface area contributed by atoms with E-state index in [-0.39, 0.29) is 0 Å². The molecule has 0 aromatic heterocycles. The summed E-state index contributed by atoms with van der Waals surface area (Å²) in [6, 6.07) is 0. The molecule has 0 atom stereocenters. The first-order valence-electron chi connectivity index (χ1n) is 4.02. The molecule has 3 heteroatoms. The lowest BCUT2D eigenvalue weighted by Crippen LogP contribution is -2.17. The van der Waals surface area contributed by atoms with Crippen LogP contribution in [-0.2, 0) is 4.74 Å². The zero-order chi connectivity index (χ0) is 8.97. The van der Waals surface area contributed by atoms with E-state index >= 15 is 0 Å². The molecule has 0 aliphatic carbocycles. The van der Waals surface area contributed by atoms with Gasteiger partial charge in [0, 0.05) is 17.5 Å². The van der Waals surface area contributed by atoms with Crippen LogP contribution in [0.4, 0.5) is 0 Å². The van der Waals surface area contributed by atoms with Crippen LogP contribution >= 0.6 is 0 Å². The van der Waals surface area contributed by atoms with Gasteiger partial charge in [-0.2, -0.15) is 0 Å². The van der Waals surface area contributed by atoms with Crippen molar-refractivity contribution in [2.24, 2.45) is 10.7 Å². The normalized spacial score (nSPS) is 24.1. The quantitative estimate of drug-likeness (QED) is 0.642. The molecule has 0 aromatic rings. The molecule has 0 bridgehead atoms. The minimum atomic E-state index is 0.635. The molecule has 3 nitrogen and oxygen atoms in total. The first-order valence-corrected chi connectivity index (χ1v) is 4.02. The molecule has 1 saturated heterocycles. The predicted molar refractivity (Wildman–Crippen MR) is 49.7 cm³/mol. The summed E-state index contributed by atoms with van der Waals surface area (Å²) < 4.78 is 5.33. The Labute approximate surface area is 72.6 Å². The molecular weight excluding hydrogens is 152 g/mol. The third-order valence-corrected chi connectivity index (χ3v) is 1.60. The van der Waals surface area contributed by atoms with Gasteiger partial charge in [-0.05, 0) is 19.8 Å². The maximum absolute atomic E-state index is 5.42. The molecule has 0 unspecified atom stereocenters. The summed E-state index contributed by atoms with van der Waals surface area (Å²) in [5.74, 6) is 0.635. The van der Waals surface area contributed by atoms with Crippen molar-refractivity contribution in [3.8, 4) is 0 Å². The highest BCUT2D eigenvalue weighted by molar-refractivity contribution is 5.94. The van der Waals surface area contributed by atoms with Gasteiger partial charge in [-0.15, -0.1) is 0 Å². The molecule has 0 spiro atoms. The van der Waals surface area contributed by atoms with Crippen LogP contribution in [0.3, 0.4) is 0 Å². The molecule has 0 saturated carbocycles. The zero-order valence-corrected chi connectivity index (χ0v) is 7.34. The van der Waals surface area contributed by atoms with E-state index in [1.165, 1.54) is 0 Å². The molecule has 12 heavy (non-hydrogen) atoms. The maximum atomic E-state index is 5.42. The summed E-state index contributed by atoms with van der Waals surface area (Å²) in [4.78, 5) is 4.14. The minimum absolute atomic E-state index is 0.635. The van der Waals surface area contributed by atoms with Crippen molar-refractivity contribution in [2.75, 3.05) is 6.61 Å². The number of nitrogens with zero attached hydrogens (tertiary/aromatic N) is 1. The van der Waals surface area contributed by atoms with Crippen LogP contribution < -0.4 is 5.73 Å². The van der Waals surface area contributed by atoms with Crippen LogP contribution in [0.5, 0.6) is 0 Å². The van der Waals surface area contributed by atoms with E-state index in [4.69, 9.17) is 10.5 Å². The summed E-state index contributed by atoms with van der Waals surface area (Å²) in [6.07, 6.45) is 3.52. The number of nitrogens with two attached hydrogens (primary N) is 1. The Morgan fingerprint density at radius 2 is 2.50 bits per heavy atom. The van der Waals surface area contributed by atoms with Crippen molar-refractivity contribution < 1.29 is 4.74 Å². The third kappa shape index (κ3) is 2.12. The lowest BCUT2D eigenvalue weighted by Gasteiger charge is -2.17. The Hall–Kier alpha value is -1.25. The standard InChI is InChI=1S/C9H14N2O/c1-7(2)11-9-8(6-10)4-3-5-12-9/h6H,1,3-5,10H2,2H3/b8-6-,11-9?. The van der Waals surface area contributed by atoms with Crippen LogP contribution in [-0.4, -0.2) is 12.5 Å². The number of allylic oxidation sites excluding steroid dienone is 1. The lowest BCUT2D eigenvalue weighted by atomic mass is 10.1. The molecule has 1 fully saturated rings. The Morgan fingerprint density at radius 1 is 1.75 bits per heavy atom. The first-order chi connectivity index (χ1) is 5.74. The van der Waals surface area contributed by atoms with Gasteiger partial charge in [0.2, 0.25) is 5.90 Å². The third-order valence-electron chi connectivity index (χ3n) is 1.60. The fourth-order valence-electron chi connectivity index (χ4n) is 1.06. The summed E-state index contributed by atoms with van der Waals surface area (Å²) in [6.45, 7) is 6.24. The Bertz CT molecular complexity index is 241. The van der Waals surface area contributed by atoms with Crippen molar-refractivity contribution >= 4 is 5.90 Å². The van der Waals surface area contributed by atoms with Crippen molar-refractivity contribution in [1.82, 2.24) is 0 Å².